The first-order valence-electron chi connectivity index (χ1n) is 7.46. The van der Waals surface area contributed by atoms with Gasteiger partial charge in [-0.15, -0.1) is 6.58 Å². The molecule has 3 heteroatoms. The first kappa shape index (κ1) is 15.8. The van der Waals surface area contributed by atoms with E-state index in [1.807, 2.05) is 6.08 Å². The average Bonchev–Trinajstić information content (AvgIpc) is 2.75. The van der Waals surface area contributed by atoms with Crippen molar-refractivity contribution >= 4 is 6.09 Å². The molecule has 1 heterocycles. The Balaban J connectivity index is 2.21. The molecular formula is C16H27NO2. The topological polar surface area (TPSA) is 38.3 Å². The number of carbonyl (C=O) groups is 1. The third-order valence-electron chi connectivity index (χ3n) is 3.48. The Kier molecular flexibility index (Phi) is 7.31. The first-order valence-corrected chi connectivity index (χ1v) is 7.46. The summed E-state index contributed by atoms with van der Waals surface area (Å²) in [4.78, 5) is 11.2. The zero-order chi connectivity index (χ0) is 14.0. The van der Waals surface area contributed by atoms with E-state index in [2.05, 4.69) is 31.0 Å². The number of allylic oxidation sites excluding steroid dienone is 1. The van der Waals surface area contributed by atoms with Crippen LogP contribution < -0.4 is 5.32 Å². The Bertz CT molecular complexity index is 312. The van der Waals surface area contributed by atoms with Crippen LogP contribution >= 0.6 is 0 Å². The molecule has 0 aromatic rings. The van der Waals surface area contributed by atoms with Crippen LogP contribution in [-0.4, -0.2) is 18.2 Å². The van der Waals surface area contributed by atoms with Gasteiger partial charge in [-0.1, -0.05) is 57.3 Å². The van der Waals surface area contributed by atoms with Crippen molar-refractivity contribution < 1.29 is 9.53 Å². The molecule has 0 saturated carbocycles. The van der Waals surface area contributed by atoms with Gasteiger partial charge in [-0.3, -0.25) is 0 Å². The highest BCUT2D eigenvalue weighted by Crippen LogP contribution is 2.20. The lowest BCUT2D eigenvalue weighted by Gasteiger charge is -2.20. The van der Waals surface area contributed by atoms with Crippen LogP contribution in [0.25, 0.3) is 0 Å². The van der Waals surface area contributed by atoms with Crippen molar-refractivity contribution in [1.29, 1.82) is 0 Å². The van der Waals surface area contributed by atoms with Crippen LogP contribution in [0.4, 0.5) is 4.79 Å². The molecule has 0 aromatic carbocycles. The molecule has 1 fully saturated rings. The smallest absolute Gasteiger partial charge is 0.408 e. The molecular weight excluding hydrogens is 238 g/mol. The van der Waals surface area contributed by atoms with Crippen LogP contribution in [0, 0.1) is 0 Å². The van der Waals surface area contributed by atoms with Gasteiger partial charge < -0.3 is 10.1 Å². The molecule has 1 rings (SSSR count). The maximum Gasteiger partial charge on any atom is 0.408 e. The standard InChI is InChI=1S/C16H27NO2/c1-3-5-6-7-8-9-10-11-13-16(12-4-2)14-19-15(18)17-16/h4,11,13H,2-3,5-10,12,14H2,1H3,(H,17,18)/b13-11+/t16-/m1/s1. The van der Waals surface area contributed by atoms with Gasteiger partial charge in [0.2, 0.25) is 0 Å². The van der Waals surface area contributed by atoms with Crippen molar-refractivity contribution in [1.82, 2.24) is 5.32 Å². The Morgan fingerprint density at radius 2 is 2.05 bits per heavy atom. The third kappa shape index (κ3) is 5.95. The summed E-state index contributed by atoms with van der Waals surface area (Å²) in [5.74, 6) is 0. The van der Waals surface area contributed by atoms with Crippen molar-refractivity contribution in [3.05, 3.63) is 24.8 Å². The number of rotatable bonds is 10. The Morgan fingerprint density at radius 1 is 1.32 bits per heavy atom. The molecule has 3 nitrogen and oxygen atoms in total. The number of carbonyl (C=O) groups excluding carboxylic acids is 1. The van der Waals surface area contributed by atoms with E-state index in [9.17, 15) is 4.79 Å². The fraction of sp³-hybridized carbons (Fsp3) is 0.688. The molecule has 0 aromatic heterocycles. The van der Waals surface area contributed by atoms with Gasteiger partial charge in [0, 0.05) is 0 Å². The number of hydrogen-bond acceptors (Lipinski definition) is 2. The number of amides is 1. The molecule has 0 unspecified atom stereocenters. The van der Waals surface area contributed by atoms with Crippen LogP contribution in [0.15, 0.2) is 24.8 Å². The molecule has 1 N–H and O–H groups in total. The maximum absolute atomic E-state index is 11.2. The van der Waals surface area contributed by atoms with Crippen LogP contribution in [0.3, 0.4) is 0 Å². The highest BCUT2D eigenvalue weighted by atomic mass is 16.6. The fourth-order valence-corrected chi connectivity index (χ4v) is 2.35. The van der Waals surface area contributed by atoms with Crippen LogP contribution in [0.2, 0.25) is 0 Å². The number of hydrogen-bond donors (Lipinski definition) is 1. The minimum atomic E-state index is -0.360. The molecule has 1 atom stereocenters. The van der Waals surface area contributed by atoms with Gasteiger partial charge in [-0.05, 0) is 19.3 Å². The zero-order valence-electron chi connectivity index (χ0n) is 12.1. The third-order valence-corrected chi connectivity index (χ3v) is 3.48. The molecule has 1 aliphatic rings. The normalized spacial score (nSPS) is 22.5. The van der Waals surface area contributed by atoms with Crippen molar-refractivity contribution in [2.45, 2.75) is 63.8 Å². The molecule has 1 saturated heterocycles. The molecule has 0 bridgehead atoms. The first-order chi connectivity index (χ1) is 9.22. The van der Waals surface area contributed by atoms with E-state index in [4.69, 9.17) is 4.74 Å². The van der Waals surface area contributed by atoms with Gasteiger partial charge >= 0.3 is 6.09 Å². The predicted octanol–water partition coefficient (Wildman–Crippen LogP) is 4.35. The minimum absolute atomic E-state index is 0.328. The lowest BCUT2D eigenvalue weighted by molar-refractivity contribution is 0.174. The van der Waals surface area contributed by atoms with Gasteiger partial charge in [-0.25, -0.2) is 4.79 Å². The summed E-state index contributed by atoms with van der Waals surface area (Å²) in [6.45, 7) is 6.38. The van der Waals surface area contributed by atoms with E-state index in [0.29, 0.717) is 13.0 Å². The average molecular weight is 265 g/mol. The molecule has 0 spiro atoms. The van der Waals surface area contributed by atoms with Crippen LogP contribution in [0.1, 0.15) is 58.3 Å². The summed E-state index contributed by atoms with van der Waals surface area (Å²) in [6.07, 6.45) is 15.4. The second-order valence-electron chi connectivity index (χ2n) is 5.31. The maximum atomic E-state index is 11.2. The molecule has 0 aliphatic carbocycles. The number of cyclic esters (lactones) is 1. The summed E-state index contributed by atoms with van der Waals surface area (Å²) in [5, 5.41) is 2.87. The van der Waals surface area contributed by atoms with Crippen molar-refractivity contribution in [3.8, 4) is 0 Å². The monoisotopic (exact) mass is 265 g/mol. The van der Waals surface area contributed by atoms with Gasteiger partial charge in [-0.2, -0.15) is 0 Å². The Morgan fingerprint density at radius 3 is 2.68 bits per heavy atom. The predicted molar refractivity (Wildman–Crippen MR) is 79.2 cm³/mol. The number of unbranched alkanes of at least 4 members (excludes halogenated alkanes) is 6. The SMILES string of the molecule is C=CC[C@@]1(/C=C/CCCCCCCC)COC(=O)N1. The Hall–Kier alpha value is -1.25. The van der Waals surface area contributed by atoms with Gasteiger partial charge in [0.05, 0.1) is 5.54 Å². The van der Waals surface area contributed by atoms with E-state index in [-0.39, 0.29) is 11.6 Å². The van der Waals surface area contributed by atoms with Crippen molar-refractivity contribution in [2.24, 2.45) is 0 Å². The summed E-state index contributed by atoms with van der Waals surface area (Å²) >= 11 is 0. The molecule has 19 heavy (non-hydrogen) atoms. The number of alkyl carbamates (subject to hydrolysis) is 1. The van der Waals surface area contributed by atoms with Gasteiger partial charge in [0.1, 0.15) is 6.61 Å². The highest BCUT2D eigenvalue weighted by Gasteiger charge is 2.35. The number of nitrogens with one attached hydrogen (secondary N) is 1. The van der Waals surface area contributed by atoms with E-state index in [0.717, 1.165) is 6.42 Å². The minimum Gasteiger partial charge on any atom is -0.447 e. The van der Waals surface area contributed by atoms with Gasteiger partial charge in [0.25, 0.3) is 0 Å². The second kappa shape index (κ2) is 8.78. The van der Waals surface area contributed by atoms with Crippen molar-refractivity contribution in [3.63, 3.8) is 0 Å². The summed E-state index contributed by atoms with van der Waals surface area (Å²) in [5.41, 5.74) is -0.360. The summed E-state index contributed by atoms with van der Waals surface area (Å²) in [7, 11) is 0. The van der Waals surface area contributed by atoms with Crippen LogP contribution in [0.5, 0.6) is 0 Å². The van der Waals surface area contributed by atoms with E-state index >= 15 is 0 Å². The van der Waals surface area contributed by atoms with Crippen molar-refractivity contribution in [2.75, 3.05) is 6.61 Å². The lowest BCUT2D eigenvalue weighted by atomic mass is 9.96. The van der Waals surface area contributed by atoms with E-state index < -0.39 is 0 Å². The quantitative estimate of drug-likeness (QED) is 0.471. The van der Waals surface area contributed by atoms with Crippen LogP contribution in [-0.2, 0) is 4.74 Å². The molecule has 1 amide bonds. The van der Waals surface area contributed by atoms with E-state index in [1.54, 1.807) is 0 Å². The fourth-order valence-electron chi connectivity index (χ4n) is 2.35. The number of ether oxygens (including phenoxy) is 1. The molecule has 1 aliphatic heterocycles. The Labute approximate surface area is 117 Å². The zero-order valence-corrected chi connectivity index (χ0v) is 12.1. The molecule has 0 radical (unpaired) electrons. The summed E-state index contributed by atoms with van der Waals surface area (Å²) < 4.78 is 4.99. The highest BCUT2D eigenvalue weighted by molar-refractivity contribution is 5.71. The second-order valence-corrected chi connectivity index (χ2v) is 5.31. The summed E-state index contributed by atoms with van der Waals surface area (Å²) in [6, 6.07) is 0. The van der Waals surface area contributed by atoms with Gasteiger partial charge in [0.15, 0.2) is 0 Å². The van der Waals surface area contributed by atoms with E-state index in [1.165, 1.54) is 38.5 Å². The largest absolute Gasteiger partial charge is 0.447 e. The molecule has 108 valence electrons. The lowest BCUT2D eigenvalue weighted by Crippen LogP contribution is -2.40.